The Balaban J connectivity index is 1.35. The molecule has 2 aromatic rings. The van der Waals surface area contributed by atoms with Crippen LogP contribution in [-0.4, -0.2) is 33.5 Å². The van der Waals surface area contributed by atoms with Crippen molar-refractivity contribution in [2.45, 2.75) is 32.6 Å². The van der Waals surface area contributed by atoms with Crippen LogP contribution in [0.25, 0.3) is 6.08 Å². The van der Waals surface area contributed by atoms with E-state index in [9.17, 15) is 14.4 Å². The minimum atomic E-state index is -0.339. The molecule has 2 aromatic carbocycles. The number of benzene rings is 2. The van der Waals surface area contributed by atoms with Crippen LogP contribution in [0.15, 0.2) is 59.5 Å². The summed E-state index contributed by atoms with van der Waals surface area (Å²) in [6, 6.07) is 16.9. The van der Waals surface area contributed by atoms with Gasteiger partial charge in [0.15, 0.2) is 0 Å². The minimum Gasteiger partial charge on any atom is -0.293 e. The second kappa shape index (κ2) is 11.6. The lowest BCUT2D eigenvalue weighted by atomic mass is 10.1. The summed E-state index contributed by atoms with van der Waals surface area (Å²) in [4.78, 5) is 39.0. The van der Waals surface area contributed by atoms with Gasteiger partial charge in [-0.2, -0.15) is 0 Å². The van der Waals surface area contributed by atoms with Crippen LogP contribution in [0, 0.1) is 6.92 Å². The van der Waals surface area contributed by atoms with E-state index in [1.807, 2.05) is 55.5 Å². The fourth-order valence-corrected chi connectivity index (χ4v) is 4.52. The molecule has 1 fully saturated rings. The van der Waals surface area contributed by atoms with Gasteiger partial charge in [0.2, 0.25) is 5.91 Å². The van der Waals surface area contributed by atoms with Crippen LogP contribution in [0.4, 0.5) is 0 Å². The third kappa shape index (κ3) is 6.51. The van der Waals surface area contributed by atoms with Crippen LogP contribution in [0.2, 0.25) is 0 Å². The smallest absolute Gasteiger partial charge is 0.269 e. The van der Waals surface area contributed by atoms with Gasteiger partial charge >= 0.3 is 0 Å². The number of hydrogen-bond donors (Lipinski definition) is 2. The average molecular weight is 468 g/mol. The van der Waals surface area contributed by atoms with Crippen molar-refractivity contribution in [2.75, 3.05) is 6.54 Å². The normalized spacial score (nSPS) is 14.7. The van der Waals surface area contributed by atoms with Gasteiger partial charge in [0, 0.05) is 18.5 Å². The van der Waals surface area contributed by atoms with Gasteiger partial charge in [0.25, 0.3) is 11.8 Å². The Morgan fingerprint density at radius 1 is 1.00 bits per heavy atom. The van der Waals surface area contributed by atoms with Crippen molar-refractivity contribution in [2.24, 2.45) is 0 Å². The highest BCUT2D eigenvalue weighted by atomic mass is 32.2. The van der Waals surface area contributed by atoms with Gasteiger partial charge in [0.05, 0.1) is 4.91 Å². The molecule has 1 saturated heterocycles. The predicted molar refractivity (Wildman–Crippen MR) is 132 cm³/mol. The van der Waals surface area contributed by atoms with Crippen molar-refractivity contribution in [3.63, 3.8) is 0 Å². The van der Waals surface area contributed by atoms with E-state index in [0.717, 1.165) is 24.0 Å². The average Bonchev–Trinajstić information content (AvgIpc) is 3.05. The van der Waals surface area contributed by atoms with Crippen LogP contribution in [0.5, 0.6) is 0 Å². The molecule has 0 atom stereocenters. The first kappa shape index (κ1) is 23.7. The molecule has 32 heavy (non-hydrogen) atoms. The summed E-state index contributed by atoms with van der Waals surface area (Å²) >= 11 is 6.68. The molecule has 1 heterocycles. The zero-order valence-electron chi connectivity index (χ0n) is 17.8. The van der Waals surface area contributed by atoms with Gasteiger partial charge in [0.1, 0.15) is 4.32 Å². The first-order valence-corrected chi connectivity index (χ1v) is 11.6. The molecule has 166 valence electrons. The Labute approximate surface area is 197 Å². The highest BCUT2D eigenvalue weighted by Gasteiger charge is 2.31. The molecule has 3 rings (SSSR count). The molecule has 3 amide bonds. The predicted octanol–water partition coefficient (Wildman–Crippen LogP) is 4.22. The standard InChI is InChI=1S/C24H25N3O3S2/c1-17-10-7-8-13-19(17)22(29)26-25-21(28)14-6-3-9-15-27-23(30)20(32-24(27)31)16-18-11-4-2-5-12-18/h2,4-5,7-8,10-13,16H,3,6,9,14-15H2,1H3,(H,25,28)(H,26,29)/b20-16-. The number of unbranched alkanes of at least 4 members (excludes halogenated alkanes) is 2. The number of hydrazine groups is 1. The number of nitrogens with zero attached hydrogens (tertiary/aromatic N) is 1. The van der Waals surface area contributed by atoms with Crippen LogP contribution >= 0.6 is 24.0 Å². The van der Waals surface area contributed by atoms with Crippen molar-refractivity contribution in [3.05, 3.63) is 76.2 Å². The molecule has 1 aliphatic rings. The van der Waals surface area contributed by atoms with E-state index in [4.69, 9.17) is 12.2 Å². The van der Waals surface area contributed by atoms with E-state index in [1.165, 1.54) is 11.8 Å². The highest BCUT2D eigenvalue weighted by molar-refractivity contribution is 8.26. The maximum absolute atomic E-state index is 12.6. The molecule has 0 spiro atoms. The van der Waals surface area contributed by atoms with Crippen LogP contribution in [-0.2, 0) is 9.59 Å². The summed E-state index contributed by atoms with van der Waals surface area (Å²) in [7, 11) is 0. The number of amides is 3. The molecule has 1 aliphatic heterocycles. The molecule has 0 bridgehead atoms. The summed E-state index contributed by atoms with van der Waals surface area (Å²) in [6.07, 6.45) is 4.32. The van der Waals surface area contributed by atoms with Crippen molar-refractivity contribution in [1.29, 1.82) is 0 Å². The second-order valence-electron chi connectivity index (χ2n) is 7.37. The number of carbonyl (C=O) groups is 3. The summed E-state index contributed by atoms with van der Waals surface area (Å²) in [5, 5.41) is 0. The Hall–Kier alpha value is -2.97. The van der Waals surface area contributed by atoms with Gasteiger partial charge in [-0.05, 0) is 43.0 Å². The SMILES string of the molecule is Cc1ccccc1C(=O)NNC(=O)CCCCCN1C(=O)/C(=C/c2ccccc2)SC1=S. The summed E-state index contributed by atoms with van der Waals surface area (Å²) < 4.78 is 0.564. The lowest BCUT2D eigenvalue weighted by Gasteiger charge is -2.14. The molecule has 6 nitrogen and oxygen atoms in total. The first-order chi connectivity index (χ1) is 15.5. The number of carbonyl (C=O) groups excluding carboxylic acids is 3. The summed E-state index contributed by atoms with van der Waals surface area (Å²) in [5.41, 5.74) is 7.23. The third-order valence-electron chi connectivity index (χ3n) is 4.96. The number of aryl methyl sites for hydroxylation is 1. The highest BCUT2D eigenvalue weighted by Crippen LogP contribution is 2.32. The van der Waals surface area contributed by atoms with Crippen molar-refractivity contribution < 1.29 is 14.4 Å². The molecule has 0 aliphatic carbocycles. The van der Waals surface area contributed by atoms with E-state index in [2.05, 4.69) is 10.9 Å². The van der Waals surface area contributed by atoms with Gasteiger partial charge in [-0.3, -0.25) is 30.1 Å². The first-order valence-electron chi connectivity index (χ1n) is 10.4. The summed E-state index contributed by atoms with van der Waals surface area (Å²) in [6.45, 7) is 2.37. The monoisotopic (exact) mass is 467 g/mol. The Morgan fingerprint density at radius 3 is 2.47 bits per heavy atom. The lowest BCUT2D eigenvalue weighted by molar-refractivity contribution is -0.123. The molecular weight excluding hydrogens is 442 g/mol. The number of nitrogens with one attached hydrogen (secondary N) is 2. The molecule has 0 unspecified atom stereocenters. The molecular formula is C24H25N3O3S2. The zero-order valence-corrected chi connectivity index (χ0v) is 19.4. The van der Waals surface area contributed by atoms with Crippen LogP contribution in [0.3, 0.4) is 0 Å². The van der Waals surface area contributed by atoms with E-state index < -0.39 is 0 Å². The summed E-state index contributed by atoms with van der Waals surface area (Å²) in [5.74, 6) is -0.654. The van der Waals surface area contributed by atoms with Crippen LogP contribution < -0.4 is 10.9 Å². The van der Waals surface area contributed by atoms with E-state index in [1.54, 1.807) is 17.0 Å². The molecule has 8 heteroatoms. The topological polar surface area (TPSA) is 78.5 Å². The maximum atomic E-state index is 12.6. The van der Waals surface area contributed by atoms with Gasteiger partial charge in [-0.25, -0.2) is 0 Å². The number of rotatable bonds is 8. The zero-order chi connectivity index (χ0) is 22.9. The van der Waals surface area contributed by atoms with Crippen molar-refractivity contribution >= 4 is 52.1 Å². The molecule has 2 N–H and O–H groups in total. The largest absolute Gasteiger partial charge is 0.293 e. The van der Waals surface area contributed by atoms with Crippen molar-refractivity contribution in [3.8, 4) is 0 Å². The Morgan fingerprint density at radius 2 is 1.72 bits per heavy atom. The third-order valence-corrected chi connectivity index (χ3v) is 6.34. The van der Waals surface area contributed by atoms with Crippen LogP contribution in [0.1, 0.15) is 47.2 Å². The Bertz CT molecular complexity index is 1040. The van der Waals surface area contributed by atoms with E-state index in [0.29, 0.717) is 34.2 Å². The molecule has 0 radical (unpaired) electrons. The number of thioether (sulfide) groups is 1. The quantitative estimate of drug-likeness (QED) is 0.263. The fraction of sp³-hybridized carbons (Fsp3) is 0.250. The minimum absolute atomic E-state index is 0.0690. The van der Waals surface area contributed by atoms with Gasteiger partial charge < -0.3 is 0 Å². The molecule has 0 aromatic heterocycles. The maximum Gasteiger partial charge on any atom is 0.269 e. The fourth-order valence-electron chi connectivity index (χ4n) is 3.21. The Kier molecular flexibility index (Phi) is 8.58. The lowest BCUT2D eigenvalue weighted by Crippen LogP contribution is -2.41. The second-order valence-corrected chi connectivity index (χ2v) is 9.05. The van der Waals surface area contributed by atoms with Crippen molar-refractivity contribution in [1.82, 2.24) is 15.8 Å². The van der Waals surface area contributed by atoms with E-state index in [-0.39, 0.29) is 17.7 Å². The van der Waals surface area contributed by atoms with Gasteiger partial charge in [-0.1, -0.05) is 78.9 Å². The number of thiocarbonyl (C=S) groups is 1. The number of hydrogen-bond acceptors (Lipinski definition) is 5. The molecule has 0 saturated carbocycles. The van der Waals surface area contributed by atoms with Gasteiger partial charge in [-0.15, -0.1) is 0 Å². The van der Waals surface area contributed by atoms with E-state index >= 15 is 0 Å².